The number of fused-ring (bicyclic) bond motifs is 10. The van der Waals surface area contributed by atoms with Crippen molar-refractivity contribution in [1.29, 1.82) is 0 Å². The lowest BCUT2D eigenvalue weighted by atomic mass is 10.00. The van der Waals surface area contributed by atoms with Gasteiger partial charge in [0.2, 0.25) is 0 Å². The van der Waals surface area contributed by atoms with Crippen LogP contribution in [0.5, 0.6) is 0 Å². The van der Waals surface area contributed by atoms with Crippen LogP contribution < -0.4 is 0 Å². The van der Waals surface area contributed by atoms with Crippen molar-refractivity contribution in [2.45, 2.75) is 6.92 Å². The average molecular weight is 833 g/mol. The molecule has 0 amide bonds. The lowest BCUT2D eigenvalue weighted by Gasteiger charge is -2.14. The minimum Gasteiger partial charge on any atom is -0.309 e. The summed E-state index contributed by atoms with van der Waals surface area (Å²) in [6, 6.07) is 67.7. The zero-order valence-electron chi connectivity index (χ0n) is 35.6. The van der Waals surface area contributed by atoms with Gasteiger partial charge >= 0.3 is 0 Å². The number of allylic oxidation sites excluding steroid dienone is 5. The molecule has 4 aromatic heterocycles. The molecule has 0 aliphatic rings. The summed E-state index contributed by atoms with van der Waals surface area (Å²) in [6.45, 7) is 6.64. The predicted octanol–water partition coefficient (Wildman–Crippen LogP) is 14.9. The molecule has 306 valence electrons. The normalized spacial score (nSPS) is 12.2. The van der Waals surface area contributed by atoms with E-state index < -0.39 is 0 Å². The number of pyridine rings is 1. The summed E-state index contributed by atoms with van der Waals surface area (Å²) in [5, 5.41) is 8.05. The van der Waals surface area contributed by atoms with E-state index in [9.17, 15) is 0 Å². The van der Waals surface area contributed by atoms with Crippen LogP contribution in [0.15, 0.2) is 219 Å². The molecular formula is C59H40N6. The largest absolute Gasteiger partial charge is 0.309 e. The molecule has 0 radical (unpaired) electrons. The van der Waals surface area contributed by atoms with E-state index in [4.69, 9.17) is 19.9 Å². The molecule has 0 fully saturated rings. The first-order valence-electron chi connectivity index (χ1n) is 21.9. The Hall–Kier alpha value is -8.74. The van der Waals surface area contributed by atoms with E-state index in [2.05, 4.69) is 199 Å². The quantitative estimate of drug-likeness (QED) is 0.113. The molecule has 65 heavy (non-hydrogen) atoms. The van der Waals surface area contributed by atoms with Gasteiger partial charge in [0.15, 0.2) is 17.5 Å². The topological polar surface area (TPSA) is 61.4 Å². The highest BCUT2D eigenvalue weighted by Crippen LogP contribution is 2.43. The van der Waals surface area contributed by atoms with Crippen molar-refractivity contribution < 1.29 is 0 Å². The van der Waals surface area contributed by atoms with Gasteiger partial charge in [-0.1, -0.05) is 164 Å². The van der Waals surface area contributed by atoms with Gasteiger partial charge in [0.05, 0.1) is 33.3 Å². The number of aromatic nitrogens is 6. The lowest BCUT2D eigenvalue weighted by Crippen LogP contribution is -2.02. The third-order valence-corrected chi connectivity index (χ3v) is 12.5. The minimum atomic E-state index is 0.502. The van der Waals surface area contributed by atoms with E-state index in [0.29, 0.717) is 23.0 Å². The van der Waals surface area contributed by atoms with Crippen LogP contribution in [-0.4, -0.2) is 29.1 Å². The molecule has 0 spiro atoms. The molecule has 12 rings (SSSR count). The van der Waals surface area contributed by atoms with Crippen LogP contribution in [0.4, 0.5) is 0 Å². The van der Waals surface area contributed by atoms with E-state index in [1.807, 2.05) is 36.4 Å². The van der Waals surface area contributed by atoms with E-state index in [1.54, 1.807) is 0 Å². The molecule has 0 N–H and O–H groups in total. The summed E-state index contributed by atoms with van der Waals surface area (Å²) in [6.07, 6.45) is 6.29. The minimum absolute atomic E-state index is 0.502. The molecule has 0 bridgehead atoms. The number of para-hydroxylation sites is 3. The maximum Gasteiger partial charge on any atom is 0.164 e. The maximum atomic E-state index is 5.48. The lowest BCUT2D eigenvalue weighted by molar-refractivity contribution is 1.04. The standard InChI is InChI=1S/C59H40N6/c1-3-43(65-52-29-17-14-26-48(52)53-54(40-19-6-4-7-20-40)60-55-45-23-11-10-18-39(45)33-37-49(55)56(53)65)34-30-38(2)57-61-58(41-21-8-5-9-22-41)63-59(62-57)42-31-35-44(36-32-42)64-50-27-15-12-24-46(50)47-25-13-16-28-51(47)64/h3-37H,2H2,1H3/b34-30-,43-3+. The van der Waals surface area contributed by atoms with Crippen molar-refractivity contribution in [2.75, 3.05) is 0 Å². The maximum absolute atomic E-state index is 5.48. The second-order valence-corrected chi connectivity index (χ2v) is 16.2. The van der Waals surface area contributed by atoms with Gasteiger partial charge in [-0.3, -0.25) is 0 Å². The molecule has 6 nitrogen and oxygen atoms in total. The Labute approximate surface area is 375 Å². The van der Waals surface area contributed by atoms with Crippen LogP contribution in [0.25, 0.3) is 116 Å². The first-order valence-corrected chi connectivity index (χ1v) is 21.9. The second kappa shape index (κ2) is 15.6. The summed E-state index contributed by atoms with van der Waals surface area (Å²) in [5.41, 5.74) is 12.0. The van der Waals surface area contributed by atoms with Crippen molar-refractivity contribution in [3.8, 4) is 39.7 Å². The number of nitrogens with zero attached hydrogens (tertiary/aromatic N) is 6. The van der Waals surface area contributed by atoms with E-state index in [1.165, 1.54) is 10.8 Å². The Morgan fingerprint density at radius 2 is 1.02 bits per heavy atom. The zero-order chi connectivity index (χ0) is 43.4. The summed E-state index contributed by atoms with van der Waals surface area (Å²) < 4.78 is 4.68. The number of benzene rings is 8. The monoisotopic (exact) mass is 832 g/mol. The van der Waals surface area contributed by atoms with Crippen LogP contribution in [0, 0.1) is 0 Å². The van der Waals surface area contributed by atoms with E-state index >= 15 is 0 Å². The fourth-order valence-corrected chi connectivity index (χ4v) is 9.43. The molecule has 0 saturated carbocycles. The summed E-state index contributed by atoms with van der Waals surface area (Å²) in [7, 11) is 0. The van der Waals surface area contributed by atoms with Crippen LogP contribution in [0.3, 0.4) is 0 Å². The molecule has 0 saturated heterocycles. The fraction of sp³-hybridized carbons (Fsp3) is 0.0169. The highest BCUT2D eigenvalue weighted by Gasteiger charge is 2.22. The van der Waals surface area contributed by atoms with Gasteiger partial charge < -0.3 is 9.13 Å². The van der Waals surface area contributed by atoms with Crippen LogP contribution >= 0.6 is 0 Å². The van der Waals surface area contributed by atoms with Gasteiger partial charge in [0.1, 0.15) is 0 Å². The Morgan fingerprint density at radius 1 is 0.462 bits per heavy atom. The first-order chi connectivity index (χ1) is 32.1. The summed E-state index contributed by atoms with van der Waals surface area (Å²) in [4.78, 5) is 20.6. The molecule has 12 aromatic rings. The highest BCUT2D eigenvalue weighted by atomic mass is 15.0. The number of rotatable bonds is 8. The number of hydrogen-bond acceptors (Lipinski definition) is 4. The molecule has 4 heterocycles. The molecule has 0 aliphatic carbocycles. The summed E-state index contributed by atoms with van der Waals surface area (Å²) >= 11 is 0. The van der Waals surface area contributed by atoms with E-state index in [0.717, 1.165) is 88.3 Å². The van der Waals surface area contributed by atoms with Crippen molar-refractivity contribution in [3.63, 3.8) is 0 Å². The van der Waals surface area contributed by atoms with Gasteiger partial charge in [-0.15, -0.1) is 0 Å². The summed E-state index contributed by atoms with van der Waals surface area (Å²) in [5.74, 6) is 1.66. The van der Waals surface area contributed by atoms with E-state index in [-0.39, 0.29) is 0 Å². The van der Waals surface area contributed by atoms with Crippen molar-refractivity contribution in [2.24, 2.45) is 0 Å². The Morgan fingerprint density at radius 3 is 1.68 bits per heavy atom. The van der Waals surface area contributed by atoms with Crippen molar-refractivity contribution >= 4 is 76.6 Å². The first kappa shape index (κ1) is 38.0. The number of hydrogen-bond donors (Lipinski definition) is 0. The molecular weight excluding hydrogens is 793 g/mol. The third-order valence-electron chi connectivity index (χ3n) is 12.5. The van der Waals surface area contributed by atoms with Crippen molar-refractivity contribution in [1.82, 2.24) is 29.1 Å². The molecule has 6 heteroatoms. The Bertz CT molecular complexity index is 3840. The third kappa shape index (κ3) is 6.34. The van der Waals surface area contributed by atoms with Gasteiger partial charge in [0, 0.05) is 66.0 Å². The van der Waals surface area contributed by atoms with Gasteiger partial charge in [-0.05, 0) is 66.9 Å². The van der Waals surface area contributed by atoms with Crippen molar-refractivity contribution in [3.05, 3.63) is 225 Å². The van der Waals surface area contributed by atoms with Crippen LogP contribution in [-0.2, 0) is 0 Å². The fourth-order valence-electron chi connectivity index (χ4n) is 9.43. The van der Waals surface area contributed by atoms with Gasteiger partial charge in [-0.2, -0.15) is 0 Å². The highest BCUT2D eigenvalue weighted by molar-refractivity contribution is 6.26. The molecule has 0 atom stereocenters. The smallest absolute Gasteiger partial charge is 0.164 e. The second-order valence-electron chi connectivity index (χ2n) is 16.2. The SMILES string of the molecule is C=C(/C=C\C(=C/C)n1c2ccccc2c2c(-c3ccccc3)nc3c4ccccc4ccc3c21)c1nc(-c2ccccc2)nc(-c2ccc(-n3c4ccccc4c4ccccc43)cc2)n1. The van der Waals surface area contributed by atoms with Crippen LogP contribution in [0.1, 0.15) is 12.7 Å². The zero-order valence-corrected chi connectivity index (χ0v) is 35.6. The average Bonchev–Trinajstić information content (AvgIpc) is 3.90. The Kier molecular flexibility index (Phi) is 9.09. The predicted molar refractivity (Wildman–Crippen MR) is 271 cm³/mol. The molecule has 0 unspecified atom stereocenters. The van der Waals surface area contributed by atoms with Gasteiger partial charge in [0.25, 0.3) is 0 Å². The van der Waals surface area contributed by atoms with Crippen LogP contribution in [0.2, 0.25) is 0 Å². The Balaban J connectivity index is 0.980. The molecule has 8 aromatic carbocycles. The molecule has 0 aliphatic heterocycles. The van der Waals surface area contributed by atoms with Gasteiger partial charge in [-0.25, -0.2) is 19.9 Å².